The lowest BCUT2D eigenvalue weighted by atomic mass is 10.1. The van der Waals surface area contributed by atoms with Gasteiger partial charge in [-0.15, -0.1) is 12.4 Å². The Morgan fingerprint density at radius 1 is 1.15 bits per heavy atom. The van der Waals surface area contributed by atoms with Crippen molar-refractivity contribution in [2.75, 3.05) is 57.9 Å². The molecule has 0 atom stereocenters. The molecule has 1 saturated heterocycles. The topological polar surface area (TPSA) is 54.0 Å². The van der Waals surface area contributed by atoms with E-state index in [1.807, 2.05) is 13.0 Å². The smallest absolute Gasteiger partial charge is 0.407 e. The predicted octanol–water partition coefficient (Wildman–Crippen LogP) is 3.14. The highest BCUT2D eigenvalue weighted by Gasteiger charge is 2.18. The Bertz CT molecular complexity index is 748. The Balaban J connectivity index is 0.00000261. The van der Waals surface area contributed by atoms with E-state index in [9.17, 15) is 4.79 Å². The van der Waals surface area contributed by atoms with Crippen molar-refractivity contribution < 1.29 is 14.3 Å². The maximum atomic E-state index is 11.3. The fourth-order valence-corrected chi connectivity index (χ4v) is 3.35. The number of rotatable bonds is 6. The van der Waals surface area contributed by atoms with Gasteiger partial charge in [-0.3, -0.25) is 4.90 Å². The molecular weight excluding hydrogens is 366 g/mol. The van der Waals surface area contributed by atoms with Gasteiger partial charge in [0.1, 0.15) is 5.75 Å². The lowest BCUT2D eigenvalue weighted by Gasteiger charge is -2.36. The van der Waals surface area contributed by atoms with Crippen LogP contribution in [0.4, 0.5) is 10.5 Å². The molecule has 0 aliphatic carbocycles. The van der Waals surface area contributed by atoms with E-state index in [4.69, 9.17) is 9.47 Å². The first-order valence-electron chi connectivity index (χ1n) is 9.16. The summed E-state index contributed by atoms with van der Waals surface area (Å²) in [5, 5.41) is 5.23. The van der Waals surface area contributed by atoms with Crippen LogP contribution in [0, 0.1) is 0 Å². The van der Waals surface area contributed by atoms with E-state index in [1.54, 1.807) is 7.11 Å². The molecule has 0 radical (unpaired) electrons. The summed E-state index contributed by atoms with van der Waals surface area (Å²) in [4.78, 5) is 16.1. The van der Waals surface area contributed by atoms with Crippen LogP contribution in [0.15, 0.2) is 36.4 Å². The number of amides is 1. The number of carbonyl (C=O) groups is 1. The zero-order valence-electron chi connectivity index (χ0n) is 15.9. The van der Waals surface area contributed by atoms with E-state index in [1.165, 1.54) is 16.5 Å². The van der Waals surface area contributed by atoms with Crippen molar-refractivity contribution in [3.63, 3.8) is 0 Å². The van der Waals surface area contributed by atoms with Crippen LogP contribution in [0.1, 0.15) is 6.92 Å². The third kappa shape index (κ3) is 5.40. The molecule has 0 spiro atoms. The fourth-order valence-electron chi connectivity index (χ4n) is 3.35. The van der Waals surface area contributed by atoms with Crippen LogP contribution in [-0.2, 0) is 4.74 Å². The van der Waals surface area contributed by atoms with Crippen LogP contribution in [0.3, 0.4) is 0 Å². The van der Waals surface area contributed by atoms with Gasteiger partial charge in [0.15, 0.2) is 0 Å². The van der Waals surface area contributed by atoms with Gasteiger partial charge >= 0.3 is 6.09 Å². The molecule has 1 aliphatic rings. The van der Waals surface area contributed by atoms with Gasteiger partial charge in [-0.1, -0.05) is 18.2 Å². The minimum absolute atomic E-state index is 0. The summed E-state index contributed by atoms with van der Waals surface area (Å²) in [6.45, 7) is 7.56. The van der Waals surface area contributed by atoms with E-state index in [0.717, 1.165) is 38.5 Å². The number of ether oxygens (including phenoxy) is 2. The highest BCUT2D eigenvalue weighted by atomic mass is 35.5. The number of hydrogen-bond acceptors (Lipinski definition) is 5. The minimum atomic E-state index is -0.337. The lowest BCUT2D eigenvalue weighted by molar-refractivity contribution is 0.150. The highest BCUT2D eigenvalue weighted by Crippen LogP contribution is 2.30. The van der Waals surface area contributed by atoms with Crippen molar-refractivity contribution in [1.82, 2.24) is 10.2 Å². The van der Waals surface area contributed by atoms with Gasteiger partial charge in [-0.25, -0.2) is 4.79 Å². The molecule has 27 heavy (non-hydrogen) atoms. The fraction of sp³-hybridized carbons (Fsp3) is 0.450. The van der Waals surface area contributed by atoms with Crippen molar-refractivity contribution in [3.8, 4) is 5.75 Å². The Hall–Kier alpha value is -2.18. The molecule has 1 amide bonds. The van der Waals surface area contributed by atoms with Crippen LogP contribution in [0.25, 0.3) is 10.8 Å². The Morgan fingerprint density at radius 2 is 1.93 bits per heavy atom. The molecule has 0 saturated carbocycles. The van der Waals surface area contributed by atoms with Crippen molar-refractivity contribution in [2.24, 2.45) is 0 Å². The van der Waals surface area contributed by atoms with E-state index < -0.39 is 0 Å². The number of methoxy groups -OCH3 is 1. The van der Waals surface area contributed by atoms with Crippen LogP contribution >= 0.6 is 12.4 Å². The van der Waals surface area contributed by atoms with Gasteiger partial charge in [0, 0.05) is 50.3 Å². The van der Waals surface area contributed by atoms with Crippen LogP contribution < -0.4 is 15.0 Å². The van der Waals surface area contributed by atoms with E-state index >= 15 is 0 Å². The van der Waals surface area contributed by atoms with Crippen LogP contribution in [-0.4, -0.2) is 64.0 Å². The molecule has 2 aromatic rings. The Labute approximate surface area is 166 Å². The van der Waals surface area contributed by atoms with Crippen LogP contribution in [0.2, 0.25) is 0 Å². The van der Waals surface area contributed by atoms with Gasteiger partial charge in [0.25, 0.3) is 0 Å². The molecule has 7 heteroatoms. The summed E-state index contributed by atoms with van der Waals surface area (Å²) >= 11 is 0. The first-order chi connectivity index (χ1) is 12.7. The highest BCUT2D eigenvalue weighted by molar-refractivity contribution is 5.95. The molecule has 6 nitrogen and oxygen atoms in total. The largest absolute Gasteiger partial charge is 0.497 e. The van der Waals surface area contributed by atoms with Gasteiger partial charge in [-0.05, 0) is 30.5 Å². The maximum Gasteiger partial charge on any atom is 0.407 e. The van der Waals surface area contributed by atoms with Crippen molar-refractivity contribution in [2.45, 2.75) is 6.92 Å². The molecule has 1 N–H and O–H groups in total. The number of alkyl carbamates (subject to hydrolysis) is 1. The number of fused-ring (bicyclic) bond motifs is 1. The summed E-state index contributed by atoms with van der Waals surface area (Å²) < 4.78 is 10.3. The molecular formula is C20H28ClN3O3. The second-order valence-electron chi connectivity index (χ2n) is 6.34. The van der Waals surface area contributed by atoms with E-state index in [2.05, 4.69) is 45.4 Å². The van der Waals surface area contributed by atoms with Gasteiger partial charge in [0.2, 0.25) is 0 Å². The lowest BCUT2D eigenvalue weighted by Crippen LogP contribution is -2.48. The average Bonchev–Trinajstić information content (AvgIpc) is 2.68. The van der Waals surface area contributed by atoms with Gasteiger partial charge in [0.05, 0.1) is 13.7 Å². The average molecular weight is 394 g/mol. The summed E-state index contributed by atoms with van der Waals surface area (Å²) in [7, 11) is 1.70. The minimum Gasteiger partial charge on any atom is -0.497 e. The molecule has 2 aromatic carbocycles. The number of carbonyl (C=O) groups excluding carboxylic acids is 1. The zero-order valence-corrected chi connectivity index (χ0v) is 16.8. The molecule has 0 aromatic heterocycles. The second kappa shape index (κ2) is 10.2. The number of halogens is 1. The van der Waals surface area contributed by atoms with E-state index in [0.29, 0.717) is 13.2 Å². The standard InChI is InChI=1S/C20H27N3O3.ClH/c1-3-26-20(24)21-9-10-22-11-13-23(14-12-22)19-6-4-5-16-7-8-17(25-2)15-18(16)19;/h4-8,15H,3,9-14H2,1-2H3,(H,21,24);1H. The summed E-state index contributed by atoms with van der Waals surface area (Å²) in [6, 6.07) is 12.6. The summed E-state index contributed by atoms with van der Waals surface area (Å²) in [5.41, 5.74) is 1.26. The Morgan fingerprint density at radius 3 is 2.63 bits per heavy atom. The molecule has 1 fully saturated rings. The molecule has 1 aliphatic heterocycles. The first kappa shape index (κ1) is 21.1. The van der Waals surface area contributed by atoms with Crippen molar-refractivity contribution in [1.29, 1.82) is 0 Å². The Kier molecular flexibility index (Phi) is 8.00. The number of piperazine rings is 1. The maximum absolute atomic E-state index is 11.3. The monoisotopic (exact) mass is 393 g/mol. The molecule has 148 valence electrons. The molecule has 1 heterocycles. The number of anilines is 1. The van der Waals surface area contributed by atoms with Gasteiger partial charge in [-0.2, -0.15) is 0 Å². The van der Waals surface area contributed by atoms with Crippen LogP contribution in [0.5, 0.6) is 5.75 Å². The summed E-state index contributed by atoms with van der Waals surface area (Å²) in [5.74, 6) is 0.883. The number of nitrogens with zero attached hydrogens (tertiary/aromatic N) is 2. The SMILES string of the molecule is CCOC(=O)NCCN1CCN(c2cccc3ccc(OC)cc23)CC1.Cl. The number of benzene rings is 2. The normalized spacial score (nSPS) is 14.5. The molecule has 3 rings (SSSR count). The van der Waals surface area contributed by atoms with E-state index in [-0.39, 0.29) is 18.5 Å². The molecule has 0 bridgehead atoms. The predicted molar refractivity (Wildman–Crippen MR) is 111 cm³/mol. The van der Waals surface area contributed by atoms with Crippen molar-refractivity contribution in [3.05, 3.63) is 36.4 Å². The quantitative estimate of drug-likeness (QED) is 0.817. The third-order valence-electron chi connectivity index (χ3n) is 4.75. The third-order valence-corrected chi connectivity index (χ3v) is 4.75. The first-order valence-corrected chi connectivity index (χ1v) is 9.16. The second-order valence-corrected chi connectivity index (χ2v) is 6.34. The summed E-state index contributed by atoms with van der Waals surface area (Å²) in [6.07, 6.45) is -0.337. The van der Waals surface area contributed by atoms with Crippen molar-refractivity contribution >= 4 is 35.0 Å². The zero-order chi connectivity index (χ0) is 18.4. The number of nitrogens with one attached hydrogen (secondary N) is 1. The van der Waals surface area contributed by atoms with Gasteiger partial charge < -0.3 is 19.7 Å². The number of hydrogen-bond donors (Lipinski definition) is 1. The molecule has 0 unspecified atom stereocenters.